The number of hydrogen-bond donors (Lipinski definition) is 3. The average molecular weight is 299 g/mol. The van der Waals surface area contributed by atoms with Crippen LogP contribution in [0.15, 0.2) is 42.7 Å². The third-order valence-corrected chi connectivity index (χ3v) is 3.49. The van der Waals surface area contributed by atoms with Crippen LogP contribution < -0.4 is 10.6 Å². The van der Waals surface area contributed by atoms with E-state index in [0.717, 1.165) is 12.0 Å². The van der Waals surface area contributed by atoms with Crippen molar-refractivity contribution >= 4 is 11.8 Å². The number of aromatic amines is 1. The first-order valence-electron chi connectivity index (χ1n) is 7.34. The quantitative estimate of drug-likeness (QED) is 0.761. The van der Waals surface area contributed by atoms with Crippen LogP contribution in [0.2, 0.25) is 0 Å². The van der Waals surface area contributed by atoms with Crippen molar-refractivity contribution in [2.24, 2.45) is 0 Å². The van der Waals surface area contributed by atoms with Crippen LogP contribution in [-0.2, 0) is 11.2 Å². The molecule has 1 atom stereocenters. The second kappa shape index (κ2) is 7.45. The summed E-state index contributed by atoms with van der Waals surface area (Å²) in [5, 5.41) is 5.54. The molecule has 0 unspecified atom stereocenters. The van der Waals surface area contributed by atoms with Gasteiger partial charge in [-0.2, -0.15) is 0 Å². The van der Waals surface area contributed by atoms with Crippen molar-refractivity contribution in [2.45, 2.75) is 26.3 Å². The minimum absolute atomic E-state index is 0.183. The van der Waals surface area contributed by atoms with Crippen LogP contribution >= 0.6 is 0 Å². The highest BCUT2D eigenvalue weighted by atomic mass is 16.2. The molecule has 0 aliphatic rings. The minimum atomic E-state index is -0.572. The summed E-state index contributed by atoms with van der Waals surface area (Å²) < 4.78 is 0. The summed E-state index contributed by atoms with van der Waals surface area (Å²) in [6, 6.07) is 9.37. The number of hydrogen-bond acceptors (Lipinski definition) is 2. The van der Waals surface area contributed by atoms with Gasteiger partial charge in [0.25, 0.3) is 5.91 Å². The molecule has 116 valence electrons. The first kappa shape index (κ1) is 15.8. The Morgan fingerprint density at radius 3 is 2.55 bits per heavy atom. The van der Waals surface area contributed by atoms with Crippen LogP contribution in [0.25, 0.3) is 0 Å². The van der Waals surface area contributed by atoms with Crippen LogP contribution in [-0.4, -0.2) is 29.4 Å². The van der Waals surface area contributed by atoms with E-state index in [1.165, 1.54) is 5.56 Å². The van der Waals surface area contributed by atoms with Gasteiger partial charge in [0, 0.05) is 18.9 Å². The van der Waals surface area contributed by atoms with Crippen LogP contribution in [0.5, 0.6) is 0 Å². The first-order chi connectivity index (χ1) is 10.6. The second-order valence-electron chi connectivity index (χ2n) is 5.27. The highest BCUT2D eigenvalue weighted by molar-refractivity contribution is 5.98. The molecule has 5 heteroatoms. The van der Waals surface area contributed by atoms with Gasteiger partial charge in [-0.05, 0) is 31.4 Å². The monoisotopic (exact) mass is 299 g/mol. The summed E-state index contributed by atoms with van der Waals surface area (Å²) in [7, 11) is 0. The number of amides is 2. The maximum absolute atomic E-state index is 12.0. The molecule has 2 aromatic rings. The zero-order valence-electron chi connectivity index (χ0n) is 12.8. The van der Waals surface area contributed by atoms with Crippen LogP contribution in [0.3, 0.4) is 0 Å². The van der Waals surface area contributed by atoms with Crippen molar-refractivity contribution in [2.75, 3.05) is 6.54 Å². The van der Waals surface area contributed by atoms with Crippen molar-refractivity contribution < 1.29 is 9.59 Å². The third-order valence-electron chi connectivity index (χ3n) is 3.49. The Bertz CT molecular complexity index is 634. The fourth-order valence-corrected chi connectivity index (χ4v) is 2.15. The van der Waals surface area contributed by atoms with Gasteiger partial charge in [0.2, 0.25) is 5.91 Å². The topological polar surface area (TPSA) is 74.0 Å². The number of benzene rings is 1. The molecule has 0 saturated heterocycles. The van der Waals surface area contributed by atoms with E-state index in [9.17, 15) is 9.59 Å². The van der Waals surface area contributed by atoms with Gasteiger partial charge >= 0.3 is 0 Å². The van der Waals surface area contributed by atoms with Gasteiger partial charge in [-0.15, -0.1) is 0 Å². The standard InChI is InChI=1S/C17H21N3O2/c1-12-10-18-11-15(12)17(22)20-13(2)16(21)19-9-8-14-6-4-3-5-7-14/h3-7,10-11,13,18H,8-9H2,1-2H3,(H,19,21)(H,20,22)/t13-/m0/s1. The average Bonchev–Trinajstić information content (AvgIpc) is 2.94. The zero-order chi connectivity index (χ0) is 15.9. The highest BCUT2D eigenvalue weighted by Gasteiger charge is 2.17. The third kappa shape index (κ3) is 4.22. The summed E-state index contributed by atoms with van der Waals surface area (Å²) in [6.45, 7) is 4.07. The molecule has 2 amide bonds. The smallest absolute Gasteiger partial charge is 0.253 e. The Labute approximate surface area is 130 Å². The lowest BCUT2D eigenvalue weighted by molar-refractivity contribution is -0.122. The molecule has 0 bridgehead atoms. The first-order valence-corrected chi connectivity index (χ1v) is 7.34. The molecule has 22 heavy (non-hydrogen) atoms. The van der Waals surface area contributed by atoms with Crippen molar-refractivity contribution in [3.63, 3.8) is 0 Å². The van der Waals surface area contributed by atoms with Crippen molar-refractivity contribution in [3.8, 4) is 0 Å². The van der Waals surface area contributed by atoms with Gasteiger partial charge in [0.05, 0.1) is 5.56 Å². The molecule has 2 rings (SSSR count). The summed E-state index contributed by atoms with van der Waals surface area (Å²) in [5.74, 6) is -0.429. The Morgan fingerprint density at radius 1 is 1.18 bits per heavy atom. The second-order valence-corrected chi connectivity index (χ2v) is 5.27. The molecule has 0 spiro atoms. The van der Waals surface area contributed by atoms with E-state index in [0.29, 0.717) is 12.1 Å². The number of H-pyrrole nitrogens is 1. The fourth-order valence-electron chi connectivity index (χ4n) is 2.15. The molecule has 0 radical (unpaired) electrons. The number of nitrogens with one attached hydrogen (secondary N) is 3. The summed E-state index contributed by atoms with van der Waals surface area (Å²) >= 11 is 0. The normalized spacial score (nSPS) is 11.7. The van der Waals surface area contributed by atoms with E-state index < -0.39 is 6.04 Å². The Kier molecular flexibility index (Phi) is 5.36. The van der Waals surface area contributed by atoms with Crippen LogP contribution in [0.4, 0.5) is 0 Å². The molecule has 0 aliphatic carbocycles. The predicted molar refractivity (Wildman–Crippen MR) is 85.6 cm³/mol. The predicted octanol–water partition coefficient (Wildman–Crippen LogP) is 1.80. The lowest BCUT2D eigenvalue weighted by atomic mass is 10.1. The van der Waals surface area contributed by atoms with Crippen molar-refractivity contribution in [3.05, 3.63) is 59.4 Å². The van der Waals surface area contributed by atoms with Crippen molar-refractivity contribution in [1.29, 1.82) is 0 Å². The molecular weight excluding hydrogens is 278 g/mol. The molecule has 0 fully saturated rings. The SMILES string of the molecule is Cc1c[nH]cc1C(=O)N[C@@H](C)C(=O)NCCc1ccccc1. The molecule has 0 saturated carbocycles. The highest BCUT2D eigenvalue weighted by Crippen LogP contribution is 2.05. The van der Waals surface area contributed by atoms with Gasteiger partial charge in [-0.25, -0.2) is 0 Å². The molecule has 0 aliphatic heterocycles. The van der Waals surface area contributed by atoms with Crippen molar-refractivity contribution in [1.82, 2.24) is 15.6 Å². The Balaban J connectivity index is 1.77. The summed E-state index contributed by atoms with van der Waals surface area (Å²) in [4.78, 5) is 26.9. The zero-order valence-corrected chi connectivity index (χ0v) is 12.8. The van der Waals surface area contributed by atoms with E-state index in [1.54, 1.807) is 19.3 Å². The van der Waals surface area contributed by atoms with Crippen LogP contribution in [0, 0.1) is 6.92 Å². The Morgan fingerprint density at radius 2 is 1.91 bits per heavy atom. The molecule has 1 aromatic heterocycles. The van der Waals surface area contributed by atoms with Gasteiger partial charge in [-0.1, -0.05) is 30.3 Å². The lowest BCUT2D eigenvalue weighted by Crippen LogP contribution is -2.45. The number of rotatable bonds is 6. The number of aryl methyl sites for hydroxylation is 1. The molecule has 1 heterocycles. The number of carbonyl (C=O) groups is 2. The van der Waals surface area contributed by atoms with E-state index in [4.69, 9.17) is 0 Å². The number of carbonyl (C=O) groups excluding carboxylic acids is 2. The summed E-state index contributed by atoms with van der Waals surface area (Å²) in [5.41, 5.74) is 2.58. The molecule has 1 aromatic carbocycles. The lowest BCUT2D eigenvalue weighted by Gasteiger charge is -2.14. The van der Waals surface area contributed by atoms with E-state index in [2.05, 4.69) is 15.6 Å². The van der Waals surface area contributed by atoms with Gasteiger partial charge in [-0.3, -0.25) is 9.59 Å². The fraction of sp³-hybridized carbons (Fsp3) is 0.294. The molecule has 3 N–H and O–H groups in total. The van der Waals surface area contributed by atoms with Crippen LogP contribution in [0.1, 0.15) is 28.4 Å². The van der Waals surface area contributed by atoms with Gasteiger partial charge in [0.1, 0.15) is 6.04 Å². The number of aromatic nitrogens is 1. The maximum Gasteiger partial charge on any atom is 0.253 e. The van der Waals surface area contributed by atoms with Gasteiger partial charge in [0.15, 0.2) is 0 Å². The minimum Gasteiger partial charge on any atom is -0.367 e. The van der Waals surface area contributed by atoms with Gasteiger partial charge < -0.3 is 15.6 Å². The largest absolute Gasteiger partial charge is 0.367 e. The van der Waals surface area contributed by atoms with E-state index in [-0.39, 0.29) is 11.8 Å². The Hall–Kier alpha value is -2.56. The summed E-state index contributed by atoms with van der Waals surface area (Å²) in [6.07, 6.45) is 4.15. The maximum atomic E-state index is 12.0. The molecule has 5 nitrogen and oxygen atoms in total. The van der Waals surface area contributed by atoms with E-state index >= 15 is 0 Å². The molecular formula is C17H21N3O2. The van der Waals surface area contributed by atoms with E-state index in [1.807, 2.05) is 37.3 Å².